The Morgan fingerprint density at radius 1 is 1.26 bits per heavy atom. The highest BCUT2D eigenvalue weighted by molar-refractivity contribution is 7.53. The van der Waals surface area contributed by atoms with Crippen molar-refractivity contribution in [1.29, 1.82) is 0 Å². The smallest absolute Gasteiger partial charge is 0.356 e. The molecule has 0 fully saturated rings. The molecule has 0 aliphatic carbocycles. The fourth-order valence-corrected chi connectivity index (χ4v) is 3.53. The number of hydrogen-bond acceptors (Lipinski definition) is 8. The summed E-state index contributed by atoms with van der Waals surface area (Å²) in [5.41, 5.74) is 6.93. The van der Waals surface area contributed by atoms with E-state index in [2.05, 4.69) is 15.0 Å². The standard InChI is InChI=1S/C13H22N5O4P/c1-4-21-23(19,22-5-2)9-20-10(3)6-18-8-17-11-12(14)15-7-16-13(11)18/h7-8,10H,4-6,9H2,1-3H3,(H2,14,15,16)/t10-/m0/s1. The molecule has 0 unspecified atom stereocenters. The molecule has 2 aromatic heterocycles. The molecule has 9 nitrogen and oxygen atoms in total. The summed E-state index contributed by atoms with van der Waals surface area (Å²) < 4.78 is 30.2. The summed E-state index contributed by atoms with van der Waals surface area (Å²) in [4.78, 5) is 12.3. The number of aromatic nitrogens is 4. The maximum absolute atomic E-state index is 12.4. The van der Waals surface area contributed by atoms with Crippen molar-refractivity contribution in [1.82, 2.24) is 19.5 Å². The minimum atomic E-state index is -3.21. The summed E-state index contributed by atoms with van der Waals surface area (Å²) in [6.07, 6.45) is 2.68. The van der Waals surface area contributed by atoms with Crippen molar-refractivity contribution >= 4 is 24.6 Å². The van der Waals surface area contributed by atoms with Crippen molar-refractivity contribution in [3.63, 3.8) is 0 Å². The topological polar surface area (TPSA) is 114 Å². The van der Waals surface area contributed by atoms with Crippen LogP contribution in [0.15, 0.2) is 12.7 Å². The Labute approximate surface area is 134 Å². The highest BCUT2D eigenvalue weighted by Crippen LogP contribution is 2.48. The second-order valence-electron chi connectivity index (χ2n) is 4.88. The quantitative estimate of drug-likeness (QED) is 0.688. The van der Waals surface area contributed by atoms with Crippen molar-refractivity contribution in [3.8, 4) is 0 Å². The second kappa shape index (κ2) is 7.83. The van der Waals surface area contributed by atoms with Crippen LogP contribution in [0.5, 0.6) is 0 Å². The molecule has 128 valence electrons. The van der Waals surface area contributed by atoms with E-state index < -0.39 is 7.60 Å². The van der Waals surface area contributed by atoms with Crippen LogP contribution in [-0.2, 0) is 24.9 Å². The molecule has 0 bridgehead atoms. The van der Waals surface area contributed by atoms with Crippen molar-refractivity contribution in [3.05, 3.63) is 12.7 Å². The van der Waals surface area contributed by atoms with Crippen LogP contribution in [0.25, 0.3) is 11.2 Å². The van der Waals surface area contributed by atoms with Gasteiger partial charge in [-0.2, -0.15) is 0 Å². The monoisotopic (exact) mass is 343 g/mol. The Hall–Kier alpha value is -1.54. The molecule has 0 radical (unpaired) electrons. The third kappa shape index (κ3) is 4.48. The largest absolute Gasteiger partial charge is 0.382 e. The molecule has 2 N–H and O–H groups in total. The third-order valence-electron chi connectivity index (χ3n) is 3.05. The molecule has 23 heavy (non-hydrogen) atoms. The molecule has 2 heterocycles. The maximum atomic E-state index is 12.4. The number of nitrogens with two attached hydrogens (primary N) is 1. The molecule has 0 aliphatic heterocycles. The minimum absolute atomic E-state index is 0.0976. The average Bonchev–Trinajstić information content (AvgIpc) is 2.91. The average molecular weight is 343 g/mol. The number of rotatable bonds is 9. The van der Waals surface area contributed by atoms with Gasteiger partial charge in [0.1, 0.15) is 18.2 Å². The lowest BCUT2D eigenvalue weighted by Gasteiger charge is -2.20. The van der Waals surface area contributed by atoms with Gasteiger partial charge in [-0.1, -0.05) is 0 Å². The summed E-state index contributed by atoms with van der Waals surface area (Å²) in [5.74, 6) is 0.333. The van der Waals surface area contributed by atoms with Crippen molar-refractivity contribution in [2.75, 3.05) is 25.3 Å². The van der Waals surface area contributed by atoms with Crippen molar-refractivity contribution < 1.29 is 18.3 Å². The molecule has 0 amide bonds. The van der Waals surface area contributed by atoms with Crippen LogP contribution in [0.1, 0.15) is 20.8 Å². The highest BCUT2D eigenvalue weighted by atomic mass is 31.2. The zero-order chi connectivity index (χ0) is 16.9. The Kier molecular flexibility index (Phi) is 6.06. The molecular formula is C13H22N5O4P. The van der Waals surface area contributed by atoms with Gasteiger partial charge in [0.15, 0.2) is 11.5 Å². The third-order valence-corrected chi connectivity index (χ3v) is 4.82. The van der Waals surface area contributed by atoms with E-state index in [-0.39, 0.29) is 12.5 Å². The van der Waals surface area contributed by atoms with E-state index in [1.165, 1.54) is 6.33 Å². The van der Waals surface area contributed by atoms with E-state index in [0.717, 1.165) is 0 Å². The molecule has 0 aliphatic rings. The van der Waals surface area contributed by atoms with Crippen LogP contribution in [-0.4, -0.2) is 45.2 Å². The lowest BCUT2D eigenvalue weighted by atomic mass is 10.4. The number of anilines is 1. The number of ether oxygens (including phenoxy) is 1. The Balaban J connectivity index is 2.00. The number of nitrogens with zero attached hydrogens (tertiary/aromatic N) is 4. The molecule has 10 heteroatoms. The molecule has 0 saturated carbocycles. The molecule has 2 rings (SSSR count). The van der Waals surface area contributed by atoms with E-state index in [0.29, 0.717) is 36.7 Å². The maximum Gasteiger partial charge on any atom is 0.356 e. The number of nitrogen functional groups attached to an aromatic ring is 1. The predicted molar refractivity (Wildman–Crippen MR) is 86.0 cm³/mol. The van der Waals surface area contributed by atoms with E-state index in [4.69, 9.17) is 19.5 Å². The van der Waals surface area contributed by atoms with Gasteiger partial charge in [0.2, 0.25) is 0 Å². The number of fused-ring (bicyclic) bond motifs is 1. The fraction of sp³-hybridized carbons (Fsp3) is 0.615. The lowest BCUT2D eigenvalue weighted by Crippen LogP contribution is -2.18. The molecule has 0 spiro atoms. The molecule has 2 aromatic rings. The van der Waals surface area contributed by atoms with Gasteiger partial charge >= 0.3 is 7.60 Å². The number of hydrogen-bond donors (Lipinski definition) is 1. The Bertz CT molecular complexity index is 682. The van der Waals surface area contributed by atoms with Crippen LogP contribution in [0, 0.1) is 0 Å². The van der Waals surface area contributed by atoms with Gasteiger partial charge < -0.3 is 24.1 Å². The van der Waals surface area contributed by atoms with Gasteiger partial charge in [-0.25, -0.2) is 15.0 Å². The van der Waals surface area contributed by atoms with Gasteiger partial charge in [0.05, 0.1) is 32.2 Å². The van der Waals surface area contributed by atoms with E-state index in [1.54, 1.807) is 20.2 Å². The summed E-state index contributed by atoms with van der Waals surface area (Å²) in [7, 11) is -3.21. The van der Waals surface area contributed by atoms with Crippen LogP contribution in [0.3, 0.4) is 0 Å². The summed E-state index contributed by atoms with van der Waals surface area (Å²) in [6, 6.07) is 0. The predicted octanol–water partition coefficient (Wildman–Crippen LogP) is 2.04. The van der Waals surface area contributed by atoms with Crippen LogP contribution in [0.2, 0.25) is 0 Å². The Morgan fingerprint density at radius 2 is 1.96 bits per heavy atom. The van der Waals surface area contributed by atoms with Crippen LogP contribution in [0.4, 0.5) is 5.82 Å². The van der Waals surface area contributed by atoms with E-state index >= 15 is 0 Å². The first-order chi connectivity index (χ1) is 11.0. The second-order valence-corrected chi connectivity index (χ2v) is 6.88. The van der Waals surface area contributed by atoms with Crippen molar-refractivity contribution in [2.45, 2.75) is 33.4 Å². The highest BCUT2D eigenvalue weighted by Gasteiger charge is 2.25. The first-order valence-corrected chi connectivity index (χ1v) is 9.13. The van der Waals surface area contributed by atoms with E-state index in [1.807, 2.05) is 11.5 Å². The molecule has 0 aromatic carbocycles. The number of imidazole rings is 1. The van der Waals surface area contributed by atoms with E-state index in [9.17, 15) is 4.57 Å². The summed E-state index contributed by atoms with van der Waals surface area (Å²) >= 11 is 0. The van der Waals surface area contributed by atoms with Gasteiger partial charge in [-0.3, -0.25) is 4.57 Å². The molecule has 1 atom stereocenters. The SMILES string of the molecule is CCOP(=O)(CO[C@@H](C)Cn1cnc2c(N)ncnc21)OCC. The Morgan fingerprint density at radius 3 is 2.61 bits per heavy atom. The van der Waals surface area contributed by atoms with Crippen LogP contribution < -0.4 is 5.73 Å². The molecular weight excluding hydrogens is 321 g/mol. The van der Waals surface area contributed by atoms with Gasteiger partial charge in [-0.05, 0) is 20.8 Å². The van der Waals surface area contributed by atoms with Crippen molar-refractivity contribution in [2.24, 2.45) is 0 Å². The summed E-state index contributed by atoms with van der Waals surface area (Å²) in [5, 5.41) is 0. The van der Waals surface area contributed by atoms with Crippen LogP contribution >= 0.6 is 7.60 Å². The minimum Gasteiger partial charge on any atom is -0.382 e. The zero-order valence-corrected chi connectivity index (χ0v) is 14.4. The molecule has 0 saturated heterocycles. The lowest BCUT2D eigenvalue weighted by molar-refractivity contribution is 0.0672. The first kappa shape index (κ1) is 17.8. The van der Waals surface area contributed by atoms with Gasteiger partial charge in [-0.15, -0.1) is 0 Å². The summed E-state index contributed by atoms with van der Waals surface area (Å²) in [6.45, 7) is 6.46. The first-order valence-electron chi connectivity index (χ1n) is 7.40. The normalized spacial score (nSPS) is 13.5. The fourth-order valence-electron chi connectivity index (χ4n) is 2.09. The van der Waals surface area contributed by atoms with Gasteiger partial charge in [0.25, 0.3) is 0 Å². The van der Waals surface area contributed by atoms with Gasteiger partial charge in [0, 0.05) is 0 Å². The zero-order valence-electron chi connectivity index (χ0n) is 13.5.